The maximum atomic E-state index is 14.8. The number of rotatable bonds is 5. The van der Waals surface area contributed by atoms with Gasteiger partial charge in [-0.25, -0.2) is 4.39 Å². The SMILES string of the molecule is Fc1cccc(N(c2ccc3c(c2)oc2c(-c4ccc5c(c4)oc4c(-c6ccc7c(c6)oc6ccccc67)cccc45)cccc23)c2cccc3ccccc23)c1. The minimum atomic E-state index is -0.297. The number of fused-ring (bicyclic) bond motifs is 10. The van der Waals surface area contributed by atoms with E-state index in [9.17, 15) is 4.39 Å². The zero-order chi connectivity index (χ0) is 37.6. The zero-order valence-corrected chi connectivity index (χ0v) is 30.4. The normalized spacial score (nSPS) is 11.9. The van der Waals surface area contributed by atoms with Crippen molar-refractivity contribution in [2.45, 2.75) is 0 Å². The highest BCUT2D eigenvalue weighted by Crippen LogP contribution is 2.44. The minimum absolute atomic E-state index is 0.297. The molecule has 12 aromatic rings. The van der Waals surface area contributed by atoms with Crippen molar-refractivity contribution in [1.29, 1.82) is 0 Å². The van der Waals surface area contributed by atoms with Crippen LogP contribution in [-0.4, -0.2) is 0 Å². The summed E-state index contributed by atoms with van der Waals surface area (Å²) in [5.41, 5.74) is 11.5. The lowest BCUT2D eigenvalue weighted by Gasteiger charge is -2.26. The molecule has 0 radical (unpaired) electrons. The van der Waals surface area contributed by atoms with Crippen molar-refractivity contribution < 1.29 is 17.6 Å². The topological polar surface area (TPSA) is 42.7 Å². The van der Waals surface area contributed by atoms with E-state index in [1.54, 1.807) is 12.1 Å². The summed E-state index contributed by atoms with van der Waals surface area (Å²) in [4.78, 5) is 2.09. The maximum Gasteiger partial charge on any atom is 0.143 e. The van der Waals surface area contributed by atoms with Crippen LogP contribution in [0.2, 0.25) is 0 Å². The van der Waals surface area contributed by atoms with Crippen LogP contribution in [0.4, 0.5) is 21.5 Å². The van der Waals surface area contributed by atoms with Gasteiger partial charge in [0, 0.05) is 66.3 Å². The van der Waals surface area contributed by atoms with Gasteiger partial charge in [0.05, 0.1) is 5.69 Å². The van der Waals surface area contributed by atoms with Crippen molar-refractivity contribution in [3.63, 3.8) is 0 Å². The molecule has 0 aliphatic carbocycles. The van der Waals surface area contributed by atoms with E-state index in [4.69, 9.17) is 13.3 Å². The highest BCUT2D eigenvalue weighted by atomic mass is 19.1. The summed E-state index contributed by atoms with van der Waals surface area (Å²) in [5, 5.41) is 8.51. The number of anilines is 3. The first-order valence-electron chi connectivity index (χ1n) is 19.0. The average Bonchev–Trinajstić information content (AvgIpc) is 3.94. The molecule has 0 spiro atoms. The summed E-state index contributed by atoms with van der Waals surface area (Å²) >= 11 is 0. The molecule has 5 heteroatoms. The molecule has 0 saturated carbocycles. The summed E-state index contributed by atoms with van der Waals surface area (Å²) in [6.45, 7) is 0. The third kappa shape index (κ3) is 4.92. The number of hydrogen-bond acceptors (Lipinski definition) is 4. The van der Waals surface area contributed by atoms with E-state index in [0.29, 0.717) is 0 Å². The Labute approximate surface area is 325 Å². The molecule has 3 aromatic heterocycles. The van der Waals surface area contributed by atoms with Gasteiger partial charge in [-0.15, -0.1) is 0 Å². The second-order valence-corrected chi connectivity index (χ2v) is 14.6. The van der Waals surface area contributed by atoms with Crippen LogP contribution in [0.1, 0.15) is 0 Å². The van der Waals surface area contributed by atoms with E-state index < -0.39 is 0 Å². The average molecular weight is 736 g/mol. The zero-order valence-electron chi connectivity index (χ0n) is 30.4. The van der Waals surface area contributed by atoms with E-state index in [1.807, 2.05) is 42.5 Å². The molecule has 0 saturated heterocycles. The van der Waals surface area contributed by atoms with E-state index >= 15 is 0 Å². The smallest absolute Gasteiger partial charge is 0.143 e. The van der Waals surface area contributed by atoms with Gasteiger partial charge in [-0.05, 0) is 83.2 Å². The predicted molar refractivity (Wildman–Crippen MR) is 231 cm³/mol. The monoisotopic (exact) mass is 735 g/mol. The molecule has 0 N–H and O–H groups in total. The molecular formula is C52H30FNO3. The van der Waals surface area contributed by atoms with Gasteiger partial charge in [0.15, 0.2) is 0 Å². The van der Waals surface area contributed by atoms with Crippen molar-refractivity contribution in [3.05, 3.63) is 188 Å². The first-order valence-corrected chi connectivity index (χ1v) is 19.0. The van der Waals surface area contributed by atoms with Gasteiger partial charge < -0.3 is 18.2 Å². The second kappa shape index (κ2) is 12.2. The third-order valence-electron chi connectivity index (χ3n) is 11.3. The molecule has 12 rings (SSSR count). The molecule has 4 nitrogen and oxygen atoms in total. The summed E-state index contributed by atoms with van der Waals surface area (Å²) in [7, 11) is 0. The summed E-state index contributed by atoms with van der Waals surface area (Å²) in [6.07, 6.45) is 0. The summed E-state index contributed by atoms with van der Waals surface area (Å²) in [6, 6.07) is 60.9. The van der Waals surface area contributed by atoms with Crippen molar-refractivity contribution in [2.24, 2.45) is 0 Å². The molecule has 0 aliphatic rings. The molecule has 9 aromatic carbocycles. The van der Waals surface area contributed by atoms with Gasteiger partial charge in [0.25, 0.3) is 0 Å². The van der Waals surface area contributed by atoms with Crippen LogP contribution < -0.4 is 4.90 Å². The van der Waals surface area contributed by atoms with Crippen LogP contribution in [0, 0.1) is 5.82 Å². The lowest BCUT2D eigenvalue weighted by Crippen LogP contribution is -2.10. The molecule has 0 amide bonds. The Kier molecular flexibility index (Phi) is 6.78. The highest BCUT2D eigenvalue weighted by molar-refractivity contribution is 6.14. The lowest BCUT2D eigenvalue weighted by molar-refractivity contribution is 0.628. The fourth-order valence-electron chi connectivity index (χ4n) is 8.69. The Balaban J connectivity index is 0.976. The van der Waals surface area contributed by atoms with Crippen LogP contribution in [0.25, 0.3) is 98.8 Å². The fraction of sp³-hybridized carbons (Fsp3) is 0. The molecule has 3 heterocycles. The number of benzene rings is 9. The predicted octanol–water partition coefficient (Wildman–Crippen LogP) is 15.5. The largest absolute Gasteiger partial charge is 0.456 e. The van der Waals surface area contributed by atoms with Crippen LogP contribution >= 0.6 is 0 Å². The second-order valence-electron chi connectivity index (χ2n) is 14.6. The van der Waals surface area contributed by atoms with Crippen molar-refractivity contribution >= 4 is 93.7 Å². The molecule has 0 unspecified atom stereocenters. The van der Waals surface area contributed by atoms with Crippen LogP contribution in [-0.2, 0) is 0 Å². The van der Waals surface area contributed by atoms with Gasteiger partial charge >= 0.3 is 0 Å². The fourth-order valence-corrected chi connectivity index (χ4v) is 8.69. The third-order valence-corrected chi connectivity index (χ3v) is 11.3. The molecule has 57 heavy (non-hydrogen) atoms. The van der Waals surface area contributed by atoms with E-state index in [1.165, 1.54) is 6.07 Å². The van der Waals surface area contributed by atoms with Gasteiger partial charge in [-0.3, -0.25) is 0 Å². The van der Waals surface area contributed by atoms with Crippen molar-refractivity contribution in [1.82, 2.24) is 0 Å². The lowest BCUT2D eigenvalue weighted by atomic mass is 9.99. The number of furan rings is 3. The Morgan fingerprint density at radius 1 is 0.351 bits per heavy atom. The first-order chi connectivity index (χ1) is 28.1. The Morgan fingerprint density at radius 2 is 0.877 bits per heavy atom. The summed E-state index contributed by atoms with van der Waals surface area (Å²) < 4.78 is 34.5. The van der Waals surface area contributed by atoms with Gasteiger partial charge in [-0.2, -0.15) is 0 Å². The number of halogens is 1. The van der Waals surface area contributed by atoms with E-state index in [0.717, 1.165) is 116 Å². The maximum absolute atomic E-state index is 14.8. The van der Waals surface area contributed by atoms with Crippen LogP contribution in [0.5, 0.6) is 0 Å². The Hall–Kier alpha value is -7.63. The van der Waals surface area contributed by atoms with Crippen LogP contribution in [0.15, 0.2) is 195 Å². The van der Waals surface area contributed by atoms with Crippen LogP contribution in [0.3, 0.4) is 0 Å². The Morgan fingerprint density at radius 3 is 1.61 bits per heavy atom. The highest BCUT2D eigenvalue weighted by Gasteiger charge is 2.20. The van der Waals surface area contributed by atoms with Crippen molar-refractivity contribution in [2.75, 3.05) is 4.90 Å². The molecule has 268 valence electrons. The number of nitrogens with zero attached hydrogens (tertiary/aromatic N) is 1. The van der Waals surface area contributed by atoms with Crippen molar-refractivity contribution in [3.8, 4) is 22.3 Å². The van der Waals surface area contributed by atoms with Gasteiger partial charge in [0.2, 0.25) is 0 Å². The van der Waals surface area contributed by atoms with E-state index in [-0.39, 0.29) is 5.82 Å². The molecular weight excluding hydrogens is 706 g/mol. The molecule has 0 aliphatic heterocycles. The van der Waals surface area contributed by atoms with Gasteiger partial charge in [0.1, 0.15) is 39.3 Å². The minimum Gasteiger partial charge on any atom is -0.456 e. The Bertz CT molecular complexity index is 3570. The van der Waals surface area contributed by atoms with Gasteiger partial charge in [-0.1, -0.05) is 109 Å². The summed E-state index contributed by atoms with van der Waals surface area (Å²) in [5.74, 6) is -0.297. The molecule has 0 fully saturated rings. The molecule has 0 atom stereocenters. The standard InChI is InChI=1S/C52H30FNO3/c53-34-11-6-12-35(29-34)54(46-19-5-10-31-9-1-2-13-37(31)46)36-23-26-43-45-18-8-16-39(52(45)57-50(43)30-36)33-22-25-42-44-17-7-15-38(51(44)56-49(42)28-33)32-21-24-41-40-14-3-4-20-47(40)55-48(41)27-32/h1-30H. The number of hydrogen-bond donors (Lipinski definition) is 0. The quantitative estimate of drug-likeness (QED) is 0.176. The first kappa shape index (κ1) is 31.7. The molecule has 0 bridgehead atoms. The van der Waals surface area contributed by atoms with E-state index in [2.05, 4.69) is 126 Å². The number of para-hydroxylation sites is 3.